The zero-order chi connectivity index (χ0) is 19.1. The smallest absolute Gasteiger partial charge is 0.317 e. The normalized spacial score (nSPS) is 18.9. The van der Waals surface area contributed by atoms with E-state index in [0.29, 0.717) is 24.9 Å². The van der Waals surface area contributed by atoms with E-state index in [-0.39, 0.29) is 43.4 Å². The lowest BCUT2D eigenvalue weighted by Gasteiger charge is -2.42. The van der Waals surface area contributed by atoms with Crippen LogP contribution in [-0.4, -0.2) is 59.5 Å². The Balaban J connectivity index is 1.65. The fraction of sp³-hybridized carbons (Fsp3) is 0.500. The summed E-state index contributed by atoms with van der Waals surface area (Å²) >= 11 is 0. The predicted octanol–water partition coefficient (Wildman–Crippen LogP) is 0.538. The Hall–Kier alpha value is -2.48. The van der Waals surface area contributed by atoms with E-state index >= 15 is 0 Å². The van der Waals surface area contributed by atoms with Gasteiger partial charge in [-0.15, -0.1) is 0 Å². The van der Waals surface area contributed by atoms with Gasteiger partial charge < -0.3 is 15.7 Å². The molecule has 2 amide bonds. The second kappa shape index (κ2) is 9.28. The van der Waals surface area contributed by atoms with Gasteiger partial charge in [-0.3, -0.25) is 19.3 Å². The molecule has 0 saturated heterocycles. The van der Waals surface area contributed by atoms with E-state index in [9.17, 15) is 18.8 Å². The molecule has 0 radical (unpaired) electrons. The van der Waals surface area contributed by atoms with Gasteiger partial charge in [0.05, 0.1) is 19.5 Å². The van der Waals surface area contributed by atoms with Crippen LogP contribution in [0.1, 0.15) is 25.3 Å². The SMILES string of the molecule is CCN(CC(=O)O)C1CC(NC(=O)CNC(=O)Cc2cccc(F)c2)C1. The lowest BCUT2D eigenvalue weighted by Crippen LogP contribution is -2.56. The largest absolute Gasteiger partial charge is 0.480 e. The molecule has 2 rings (SSSR count). The van der Waals surface area contributed by atoms with Crippen LogP contribution in [0.5, 0.6) is 0 Å². The molecular formula is C18H24FN3O4. The molecule has 1 aromatic rings. The van der Waals surface area contributed by atoms with Crippen molar-refractivity contribution >= 4 is 17.8 Å². The third-order valence-electron chi connectivity index (χ3n) is 4.44. The number of hydrogen-bond donors (Lipinski definition) is 3. The molecule has 1 aromatic carbocycles. The van der Waals surface area contributed by atoms with Gasteiger partial charge >= 0.3 is 5.97 Å². The van der Waals surface area contributed by atoms with Gasteiger partial charge in [0.2, 0.25) is 11.8 Å². The van der Waals surface area contributed by atoms with Crippen molar-refractivity contribution in [2.45, 2.75) is 38.3 Å². The number of carbonyl (C=O) groups is 3. The number of nitrogens with zero attached hydrogens (tertiary/aromatic N) is 1. The molecule has 0 aromatic heterocycles. The molecule has 1 fully saturated rings. The first-order chi connectivity index (χ1) is 12.4. The fourth-order valence-electron chi connectivity index (χ4n) is 3.03. The number of benzene rings is 1. The monoisotopic (exact) mass is 365 g/mol. The van der Waals surface area contributed by atoms with Gasteiger partial charge in [-0.05, 0) is 37.1 Å². The van der Waals surface area contributed by atoms with Crippen LogP contribution in [0.15, 0.2) is 24.3 Å². The molecule has 7 nitrogen and oxygen atoms in total. The van der Waals surface area contributed by atoms with E-state index in [0.717, 1.165) is 0 Å². The zero-order valence-electron chi connectivity index (χ0n) is 14.7. The quantitative estimate of drug-likeness (QED) is 0.593. The average molecular weight is 365 g/mol. The molecule has 1 aliphatic rings. The number of likely N-dealkylation sites (N-methyl/N-ethyl adjacent to an activating group) is 1. The highest BCUT2D eigenvalue weighted by Crippen LogP contribution is 2.25. The lowest BCUT2D eigenvalue weighted by molar-refractivity contribution is -0.139. The molecule has 0 heterocycles. The molecule has 1 saturated carbocycles. The predicted molar refractivity (Wildman–Crippen MR) is 92.9 cm³/mol. The van der Waals surface area contributed by atoms with Crippen LogP contribution in [0.4, 0.5) is 4.39 Å². The minimum Gasteiger partial charge on any atom is -0.480 e. The summed E-state index contributed by atoms with van der Waals surface area (Å²) in [5.74, 6) is -1.91. The van der Waals surface area contributed by atoms with E-state index in [1.807, 2.05) is 11.8 Å². The standard InChI is InChI=1S/C18H24FN3O4/c1-2-22(11-18(25)26)15-8-14(9-15)21-17(24)10-20-16(23)7-12-4-3-5-13(19)6-12/h3-6,14-15H,2,7-11H2,1H3,(H,20,23)(H,21,24)(H,25,26). The maximum absolute atomic E-state index is 13.1. The van der Waals surface area contributed by atoms with Crippen LogP contribution in [0.25, 0.3) is 0 Å². The molecular weight excluding hydrogens is 341 g/mol. The number of amides is 2. The maximum atomic E-state index is 13.1. The highest BCUT2D eigenvalue weighted by atomic mass is 19.1. The number of nitrogens with one attached hydrogen (secondary N) is 2. The third-order valence-corrected chi connectivity index (χ3v) is 4.44. The molecule has 0 unspecified atom stereocenters. The number of aliphatic carboxylic acids is 1. The first-order valence-corrected chi connectivity index (χ1v) is 8.63. The van der Waals surface area contributed by atoms with Crippen LogP contribution in [0, 0.1) is 5.82 Å². The van der Waals surface area contributed by atoms with E-state index < -0.39 is 11.8 Å². The molecule has 142 valence electrons. The van der Waals surface area contributed by atoms with Gasteiger partial charge in [0.15, 0.2) is 0 Å². The van der Waals surface area contributed by atoms with Gasteiger partial charge in [-0.25, -0.2) is 4.39 Å². The Morgan fingerprint density at radius 3 is 2.62 bits per heavy atom. The summed E-state index contributed by atoms with van der Waals surface area (Å²) in [5, 5.41) is 14.2. The summed E-state index contributed by atoms with van der Waals surface area (Å²) in [6, 6.07) is 5.91. The molecule has 0 atom stereocenters. The first kappa shape index (κ1) is 19.8. The number of carboxylic acids is 1. The van der Waals surface area contributed by atoms with E-state index in [4.69, 9.17) is 5.11 Å². The summed E-state index contributed by atoms with van der Waals surface area (Å²) in [4.78, 5) is 36.4. The first-order valence-electron chi connectivity index (χ1n) is 8.63. The number of hydrogen-bond acceptors (Lipinski definition) is 4. The Kier molecular flexibility index (Phi) is 7.08. The van der Waals surface area contributed by atoms with Crippen LogP contribution in [0.2, 0.25) is 0 Å². The lowest BCUT2D eigenvalue weighted by atomic mass is 9.85. The van der Waals surface area contributed by atoms with Gasteiger partial charge in [0.25, 0.3) is 0 Å². The highest BCUT2D eigenvalue weighted by Gasteiger charge is 2.34. The van der Waals surface area contributed by atoms with Crippen molar-refractivity contribution in [3.8, 4) is 0 Å². The topological polar surface area (TPSA) is 98.7 Å². The van der Waals surface area contributed by atoms with Gasteiger partial charge in [0.1, 0.15) is 5.82 Å². The average Bonchev–Trinajstić information content (AvgIpc) is 2.54. The minimum atomic E-state index is -0.861. The second-order valence-electron chi connectivity index (χ2n) is 6.43. The third kappa shape index (κ3) is 6.11. The molecule has 0 bridgehead atoms. The van der Waals surface area contributed by atoms with Crippen molar-refractivity contribution < 1.29 is 23.9 Å². The number of rotatable bonds is 9. The van der Waals surface area contributed by atoms with Crippen LogP contribution < -0.4 is 10.6 Å². The Labute approximate surface area is 151 Å². The van der Waals surface area contributed by atoms with Gasteiger partial charge in [-0.1, -0.05) is 19.1 Å². The Bertz CT molecular complexity index is 662. The van der Waals surface area contributed by atoms with Crippen LogP contribution >= 0.6 is 0 Å². The van der Waals surface area contributed by atoms with Gasteiger partial charge in [0, 0.05) is 12.1 Å². The van der Waals surface area contributed by atoms with Crippen LogP contribution in [-0.2, 0) is 20.8 Å². The molecule has 8 heteroatoms. The summed E-state index contributed by atoms with van der Waals surface area (Å²) < 4.78 is 13.1. The fourth-order valence-corrected chi connectivity index (χ4v) is 3.03. The summed E-state index contributed by atoms with van der Waals surface area (Å²) in [6.45, 7) is 2.41. The molecule has 0 spiro atoms. The molecule has 0 aliphatic heterocycles. The zero-order valence-corrected chi connectivity index (χ0v) is 14.7. The van der Waals surface area contributed by atoms with Crippen molar-refractivity contribution in [1.82, 2.24) is 15.5 Å². The molecule has 1 aliphatic carbocycles. The van der Waals surface area contributed by atoms with E-state index in [1.165, 1.54) is 18.2 Å². The summed E-state index contributed by atoms with van der Waals surface area (Å²) in [6.07, 6.45) is 1.41. The van der Waals surface area contributed by atoms with Crippen LogP contribution in [0.3, 0.4) is 0 Å². The number of carbonyl (C=O) groups excluding carboxylic acids is 2. The van der Waals surface area contributed by atoms with Crippen molar-refractivity contribution in [3.63, 3.8) is 0 Å². The highest BCUT2D eigenvalue weighted by molar-refractivity contribution is 5.85. The minimum absolute atomic E-state index is 0.00201. The molecule has 26 heavy (non-hydrogen) atoms. The van der Waals surface area contributed by atoms with Crippen molar-refractivity contribution in [3.05, 3.63) is 35.6 Å². The van der Waals surface area contributed by atoms with E-state index in [1.54, 1.807) is 6.07 Å². The summed E-state index contributed by atoms with van der Waals surface area (Å²) in [7, 11) is 0. The molecule has 3 N–H and O–H groups in total. The number of halogens is 1. The summed E-state index contributed by atoms with van der Waals surface area (Å²) in [5.41, 5.74) is 0.544. The van der Waals surface area contributed by atoms with Gasteiger partial charge in [-0.2, -0.15) is 0 Å². The Morgan fingerprint density at radius 1 is 1.27 bits per heavy atom. The van der Waals surface area contributed by atoms with Crippen molar-refractivity contribution in [2.24, 2.45) is 0 Å². The second-order valence-corrected chi connectivity index (χ2v) is 6.43. The van der Waals surface area contributed by atoms with E-state index in [2.05, 4.69) is 10.6 Å². The number of carboxylic acid groups (broad SMARTS) is 1. The van der Waals surface area contributed by atoms with Crippen molar-refractivity contribution in [2.75, 3.05) is 19.6 Å². The van der Waals surface area contributed by atoms with Crippen molar-refractivity contribution in [1.29, 1.82) is 0 Å². The maximum Gasteiger partial charge on any atom is 0.317 e. The Morgan fingerprint density at radius 2 is 2.00 bits per heavy atom.